The van der Waals surface area contributed by atoms with Crippen LogP contribution in [0.5, 0.6) is 11.5 Å². The molecule has 0 spiro atoms. The number of amides is 1. The zero-order valence-corrected chi connectivity index (χ0v) is 24.3. The van der Waals surface area contributed by atoms with Gasteiger partial charge in [0.1, 0.15) is 11.9 Å². The Labute approximate surface area is 231 Å². The maximum atomic E-state index is 13.4. The van der Waals surface area contributed by atoms with E-state index in [2.05, 4.69) is 29.8 Å². The van der Waals surface area contributed by atoms with Crippen molar-refractivity contribution in [3.8, 4) is 11.5 Å². The molecular weight excluding hydrogens is 498 g/mol. The Balaban J connectivity index is 1.30. The molecule has 1 aromatic carbocycles. The SMILES string of the molecule is COc1ccc([C@@H]2CN(C(=O)[C@@H]3COC(C)(C)O3)C[C@@]2(C)[C@@H](C)O)cc1OC1CN(C2=CCC(C)(C)C=N2)C1. The van der Waals surface area contributed by atoms with Gasteiger partial charge in [0.05, 0.1) is 32.9 Å². The largest absolute Gasteiger partial charge is 0.493 e. The summed E-state index contributed by atoms with van der Waals surface area (Å²) in [6, 6.07) is 5.94. The summed E-state index contributed by atoms with van der Waals surface area (Å²) < 4.78 is 23.5. The van der Waals surface area contributed by atoms with E-state index in [1.807, 2.05) is 45.2 Å². The molecule has 1 amide bonds. The topological polar surface area (TPSA) is 93.1 Å². The van der Waals surface area contributed by atoms with Crippen LogP contribution in [0.1, 0.15) is 59.4 Å². The summed E-state index contributed by atoms with van der Waals surface area (Å²) in [5.74, 6) is 1.39. The quantitative estimate of drug-likeness (QED) is 0.564. The Kier molecular flexibility index (Phi) is 7.23. The first kappa shape index (κ1) is 27.9. The second-order valence-corrected chi connectivity index (χ2v) is 12.8. The minimum absolute atomic E-state index is 0.0212. The molecule has 9 heteroatoms. The number of allylic oxidation sites excluding steroid dienone is 1. The van der Waals surface area contributed by atoms with Crippen LogP contribution < -0.4 is 9.47 Å². The molecule has 3 fully saturated rings. The van der Waals surface area contributed by atoms with Crippen molar-refractivity contribution in [2.45, 2.75) is 78.0 Å². The molecule has 0 bridgehead atoms. The highest BCUT2D eigenvalue weighted by Gasteiger charge is 2.51. The second-order valence-electron chi connectivity index (χ2n) is 12.8. The highest BCUT2D eigenvalue weighted by atomic mass is 16.7. The number of aliphatic hydroxyl groups is 1. The van der Waals surface area contributed by atoms with Gasteiger partial charge in [-0.05, 0) is 51.0 Å². The van der Waals surface area contributed by atoms with Gasteiger partial charge >= 0.3 is 0 Å². The van der Waals surface area contributed by atoms with Gasteiger partial charge in [-0.2, -0.15) is 0 Å². The first-order valence-corrected chi connectivity index (χ1v) is 13.9. The van der Waals surface area contributed by atoms with Gasteiger partial charge in [-0.15, -0.1) is 0 Å². The third-order valence-corrected chi connectivity index (χ3v) is 8.69. The summed E-state index contributed by atoms with van der Waals surface area (Å²) in [6.45, 7) is 14.5. The molecule has 1 aromatic rings. The van der Waals surface area contributed by atoms with E-state index in [0.717, 1.165) is 30.9 Å². The number of hydrogen-bond acceptors (Lipinski definition) is 8. The third-order valence-electron chi connectivity index (χ3n) is 8.69. The molecule has 4 aliphatic rings. The van der Waals surface area contributed by atoms with E-state index in [0.29, 0.717) is 24.6 Å². The van der Waals surface area contributed by atoms with Gasteiger partial charge in [-0.25, -0.2) is 4.99 Å². The minimum Gasteiger partial charge on any atom is -0.493 e. The average Bonchev–Trinajstić information content (AvgIpc) is 3.41. The number of ether oxygens (including phenoxy) is 4. The zero-order valence-electron chi connectivity index (χ0n) is 24.3. The molecule has 1 N–H and O–H groups in total. The molecule has 4 aliphatic heterocycles. The molecular formula is C30H43N3O6. The molecule has 9 nitrogen and oxygen atoms in total. The van der Waals surface area contributed by atoms with Crippen molar-refractivity contribution >= 4 is 12.1 Å². The summed E-state index contributed by atoms with van der Waals surface area (Å²) in [6.07, 6.45) is 3.97. The van der Waals surface area contributed by atoms with Gasteiger partial charge in [-0.3, -0.25) is 4.79 Å². The number of likely N-dealkylation sites (tertiary alicyclic amines) is 2. The lowest BCUT2D eigenvalue weighted by atomic mass is 9.72. The van der Waals surface area contributed by atoms with E-state index < -0.39 is 23.4 Å². The van der Waals surface area contributed by atoms with Crippen LogP contribution in [-0.4, -0.2) is 91.0 Å². The van der Waals surface area contributed by atoms with Gasteiger partial charge in [-0.1, -0.05) is 26.8 Å². The van der Waals surface area contributed by atoms with Crippen LogP contribution in [0.25, 0.3) is 0 Å². The molecule has 214 valence electrons. The standard InChI is InChI=1S/C30H43N3O6/c1-19(34)30(6)18-33(27(35)25-16-37-29(4,5)39-25)15-22(30)20-8-9-23(36-7)24(12-20)38-21-13-32(14-21)26-10-11-28(2,3)17-31-26/h8-10,12,17,19,21-22,25,34H,11,13-16,18H2,1-7H3/t19-,22+,25+,30+/m1/s1. The summed E-state index contributed by atoms with van der Waals surface area (Å²) in [7, 11) is 1.64. The monoisotopic (exact) mass is 541 g/mol. The molecule has 0 radical (unpaired) electrons. The van der Waals surface area contributed by atoms with Crippen LogP contribution in [0.3, 0.4) is 0 Å². The van der Waals surface area contributed by atoms with E-state index in [9.17, 15) is 9.90 Å². The van der Waals surface area contributed by atoms with E-state index in [1.54, 1.807) is 18.9 Å². The highest BCUT2D eigenvalue weighted by Crippen LogP contribution is 2.47. The van der Waals surface area contributed by atoms with Crippen molar-refractivity contribution in [1.29, 1.82) is 0 Å². The van der Waals surface area contributed by atoms with Crippen molar-refractivity contribution in [1.82, 2.24) is 9.80 Å². The van der Waals surface area contributed by atoms with Crippen LogP contribution in [-0.2, 0) is 14.3 Å². The second kappa shape index (κ2) is 10.1. The number of benzene rings is 1. The van der Waals surface area contributed by atoms with Crippen molar-refractivity contribution in [2.24, 2.45) is 15.8 Å². The smallest absolute Gasteiger partial charge is 0.254 e. The maximum absolute atomic E-state index is 13.4. The number of aliphatic imine (C=N–C) groups is 1. The lowest BCUT2D eigenvalue weighted by molar-refractivity contribution is -0.159. The third kappa shape index (κ3) is 5.54. The van der Waals surface area contributed by atoms with E-state index in [4.69, 9.17) is 18.9 Å². The Morgan fingerprint density at radius 1 is 1.15 bits per heavy atom. The van der Waals surface area contributed by atoms with Crippen molar-refractivity contribution in [3.05, 3.63) is 35.7 Å². The first-order chi connectivity index (χ1) is 18.3. The fourth-order valence-electron chi connectivity index (χ4n) is 5.90. The lowest BCUT2D eigenvalue weighted by Gasteiger charge is -2.42. The summed E-state index contributed by atoms with van der Waals surface area (Å²) >= 11 is 0. The van der Waals surface area contributed by atoms with Gasteiger partial charge in [0.15, 0.2) is 23.4 Å². The number of aliphatic hydroxyl groups excluding tert-OH is 1. The summed E-state index contributed by atoms with van der Waals surface area (Å²) in [5.41, 5.74) is 0.572. The molecule has 5 rings (SSSR count). The molecule has 0 saturated carbocycles. The predicted octanol–water partition coefficient (Wildman–Crippen LogP) is 3.56. The Morgan fingerprint density at radius 2 is 1.90 bits per heavy atom. The van der Waals surface area contributed by atoms with E-state index >= 15 is 0 Å². The predicted molar refractivity (Wildman–Crippen MR) is 148 cm³/mol. The summed E-state index contributed by atoms with van der Waals surface area (Å²) in [4.78, 5) is 22.0. The van der Waals surface area contributed by atoms with Crippen LogP contribution in [0.2, 0.25) is 0 Å². The number of nitrogens with zero attached hydrogens (tertiary/aromatic N) is 3. The summed E-state index contributed by atoms with van der Waals surface area (Å²) in [5, 5.41) is 10.9. The Hall–Kier alpha value is -2.62. The zero-order chi connectivity index (χ0) is 28.2. The van der Waals surface area contributed by atoms with Crippen molar-refractivity contribution in [2.75, 3.05) is 39.9 Å². The maximum Gasteiger partial charge on any atom is 0.254 e. The van der Waals surface area contributed by atoms with Gasteiger partial charge in [0.2, 0.25) is 0 Å². The molecule has 39 heavy (non-hydrogen) atoms. The van der Waals surface area contributed by atoms with Crippen molar-refractivity contribution < 1.29 is 28.8 Å². The minimum atomic E-state index is -0.775. The molecule has 0 unspecified atom stereocenters. The van der Waals surface area contributed by atoms with Gasteiger partial charge in [0, 0.05) is 36.1 Å². The number of methoxy groups -OCH3 is 1. The number of rotatable bonds is 7. The lowest BCUT2D eigenvalue weighted by Crippen LogP contribution is -2.53. The Morgan fingerprint density at radius 3 is 2.49 bits per heavy atom. The fraction of sp³-hybridized carbons (Fsp3) is 0.667. The molecule has 4 heterocycles. The van der Waals surface area contributed by atoms with Crippen molar-refractivity contribution in [3.63, 3.8) is 0 Å². The Bertz CT molecular complexity index is 1160. The van der Waals surface area contributed by atoms with Gasteiger partial charge < -0.3 is 33.9 Å². The van der Waals surface area contributed by atoms with Crippen LogP contribution in [0.4, 0.5) is 0 Å². The number of carbonyl (C=O) groups excluding carboxylic acids is 1. The van der Waals surface area contributed by atoms with E-state index in [-0.39, 0.29) is 30.0 Å². The number of hydrogen-bond donors (Lipinski definition) is 1. The van der Waals surface area contributed by atoms with E-state index in [1.165, 1.54) is 0 Å². The normalized spacial score (nSPS) is 30.6. The van der Waals surface area contributed by atoms with Crippen LogP contribution >= 0.6 is 0 Å². The van der Waals surface area contributed by atoms with Crippen LogP contribution in [0, 0.1) is 10.8 Å². The molecule has 0 aliphatic carbocycles. The first-order valence-electron chi connectivity index (χ1n) is 13.9. The van der Waals surface area contributed by atoms with Gasteiger partial charge in [0.25, 0.3) is 5.91 Å². The fourth-order valence-corrected chi connectivity index (χ4v) is 5.90. The highest BCUT2D eigenvalue weighted by molar-refractivity contribution is 5.82. The van der Waals surface area contributed by atoms with Crippen LogP contribution in [0.15, 0.2) is 35.1 Å². The molecule has 3 saturated heterocycles. The number of carbonyl (C=O) groups is 1. The average molecular weight is 542 g/mol. The molecule has 4 atom stereocenters. The molecule has 0 aromatic heterocycles.